The number of hydrogen-bond donors (Lipinski definition) is 2. The Morgan fingerprint density at radius 1 is 1.24 bits per heavy atom. The summed E-state index contributed by atoms with van der Waals surface area (Å²) in [6.07, 6.45) is 7.38. The Balaban J connectivity index is 4.11. The maximum atomic E-state index is 9.86. The maximum absolute atomic E-state index is 9.86. The molecule has 0 amide bonds. The fourth-order valence-electron chi connectivity index (χ4n) is 1.48. The zero-order valence-corrected chi connectivity index (χ0v) is 12.0. The van der Waals surface area contributed by atoms with Crippen molar-refractivity contribution in [1.29, 1.82) is 0 Å². The fourth-order valence-corrected chi connectivity index (χ4v) is 1.48. The minimum Gasteiger partial charge on any atom is -0.393 e. The number of aliphatic hydroxyl groups excluding tert-OH is 1. The third-order valence-corrected chi connectivity index (χ3v) is 3.29. The van der Waals surface area contributed by atoms with Gasteiger partial charge in [-0.15, -0.1) is 0 Å². The van der Waals surface area contributed by atoms with Crippen molar-refractivity contribution in [2.45, 2.75) is 59.5 Å². The van der Waals surface area contributed by atoms with Gasteiger partial charge in [0.25, 0.3) is 0 Å². The lowest BCUT2D eigenvalue weighted by atomic mass is 9.88. The molecular formula is C15H28O2. The Morgan fingerprint density at radius 3 is 2.29 bits per heavy atom. The topological polar surface area (TPSA) is 40.5 Å². The third kappa shape index (κ3) is 7.35. The highest BCUT2D eigenvalue weighted by Gasteiger charge is 2.26. The van der Waals surface area contributed by atoms with Crippen LogP contribution in [0.5, 0.6) is 0 Å². The average Bonchev–Trinajstić information content (AvgIpc) is 2.25. The van der Waals surface area contributed by atoms with Gasteiger partial charge in [-0.1, -0.05) is 30.2 Å². The van der Waals surface area contributed by atoms with E-state index < -0.39 is 5.60 Å². The molecule has 0 aliphatic carbocycles. The lowest BCUT2D eigenvalue weighted by Crippen LogP contribution is -2.36. The van der Waals surface area contributed by atoms with E-state index in [1.807, 2.05) is 6.92 Å². The Morgan fingerprint density at radius 2 is 1.82 bits per heavy atom. The van der Waals surface area contributed by atoms with Gasteiger partial charge in [0, 0.05) is 0 Å². The van der Waals surface area contributed by atoms with Crippen molar-refractivity contribution in [2.75, 3.05) is 6.61 Å². The highest BCUT2D eigenvalue weighted by molar-refractivity contribution is 5.03. The lowest BCUT2D eigenvalue weighted by Gasteiger charge is -2.27. The first-order valence-corrected chi connectivity index (χ1v) is 6.42. The molecule has 0 saturated carbocycles. The highest BCUT2D eigenvalue weighted by Crippen LogP contribution is 2.21. The first-order valence-electron chi connectivity index (χ1n) is 6.42. The molecule has 0 bridgehead atoms. The Labute approximate surface area is 106 Å². The molecule has 0 fully saturated rings. The normalized spacial score (nSPS) is 17.5. The van der Waals surface area contributed by atoms with Crippen molar-refractivity contribution in [3.8, 4) is 0 Å². The SMILES string of the molecule is CC(C)=CCC/C(C)=C/C[C@H](C)[C@](C)(O)CO. The van der Waals surface area contributed by atoms with Crippen LogP contribution in [0.15, 0.2) is 23.3 Å². The van der Waals surface area contributed by atoms with Gasteiger partial charge in [-0.2, -0.15) is 0 Å². The van der Waals surface area contributed by atoms with Crippen molar-refractivity contribution in [1.82, 2.24) is 0 Å². The van der Waals surface area contributed by atoms with E-state index in [-0.39, 0.29) is 12.5 Å². The van der Waals surface area contributed by atoms with Crippen LogP contribution < -0.4 is 0 Å². The molecule has 0 unspecified atom stereocenters. The molecular weight excluding hydrogens is 212 g/mol. The molecule has 0 heterocycles. The maximum Gasteiger partial charge on any atom is 0.0877 e. The quantitative estimate of drug-likeness (QED) is 0.669. The van der Waals surface area contributed by atoms with Crippen molar-refractivity contribution in [3.05, 3.63) is 23.3 Å². The minimum absolute atomic E-state index is 0.0749. The lowest BCUT2D eigenvalue weighted by molar-refractivity contribution is -0.0399. The highest BCUT2D eigenvalue weighted by atomic mass is 16.3. The fraction of sp³-hybridized carbons (Fsp3) is 0.733. The van der Waals surface area contributed by atoms with E-state index in [1.165, 1.54) is 11.1 Å². The van der Waals surface area contributed by atoms with Crippen LogP contribution >= 0.6 is 0 Å². The Hall–Kier alpha value is -0.600. The summed E-state index contributed by atoms with van der Waals surface area (Å²) < 4.78 is 0. The first-order chi connectivity index (χ1) is 7.79. The largest absolute Gasteiger partial charge is 0.393 e. The van der Waals surface area contributed by atoms with E-state index in [9.17, 15) is 5.11 Å². The zero-order chi connectivity index (χ0) is 13.5. The van der Waals surface area contributed by atoms with E-state index in [0.717, 1.165) is 19.3 Å². The smallest absolute Gasteiger partial charge is 0.0877 e. The van der Waals surface area contributed by atoms with Crippen LogP contribution in [0.2, 0.25) is 0 Å². The molecule has 0 aliphatic heterocycles. The molecule has 0 spiro atoms. The second-order valence-electron chi connectivity index (χ2n) is 5.52. The van der Waals surface area contributed by atoms with Crippen molar-refractivity contribution in [2.24, 2.45) is 5.92 Å². The zero-order valence-electron chi connectivity index (χ0n) is 12.0. The molecule has 100 valence electrons. The molecule has 2 atom stereocenters. The summed E-state index contributed by atoms with van der Waals surface area (Å²) in [6, 6.07) is 0. The van der Waals surface area contributed by atoms with Gasteiger partial charge >= 0.3 is 0 Å². The van der Waals surface area contributed by atoms with Gasteiger partial charge in [-0.25, -0.2) is 0 Å². The summed E-state index contributed by atoms with van der Waals surface area (Å²) in [6.45, 7) is 9.82. The predicted molar refractivity (Wildman–Crippen MR) is 73.9 cm³/mol. The third-order valence-electron chi connectivity index (χ3n) is 3.29. The van der Waals surface area contributed by atoms with E-state index >= 15 is 0 Å². The molecule has 0 aromatic rings. The molecule has 0 radical (unpaired) electrons. The van der Waals surface area contributed by atoms with Gasteiger partial charge in [0.05, 0.1) is 12.2 Å². The predicted octanol–water partition coefficient (Wildman–Crippen LogP) is 3.45. The second-order valence-corrected chi connectivity index (χ2v) is 5.52. The monoisotopic (exact) mass is 240 g/mol. The van der Waals surface area contributed by atoms with Crippen LogP contribution in [0, 0.1) is 5.92 Å². The van der Waals surface area contributed by atoms with Crippen LogP contribution in [-0.4, -0.2) is 22.4 Å². The molecule has 2 nitrogen and oxygen atoms in total. The Bertz CT molecular complexity index is 271. The molecule has 17 heavy (non-hydrogen) atoms. The average molecular weight is 240 g/mol. The van der Waals surface area contributed by atoms with E-state index in [2.05, 4.69) is 32.9 Å². The molecule has 2 N–H and O–H groups in total. The molecule has 0 aromatic heterocycles. The summed E-state index contributed by atoms with van der Waals surface area (Å²) in [4.78, 5) is 0. The van der Waals surface area contributed by atoms with E-state index in [0.29, 0.717) is 0 Å². The van der Waals surface area contributed by atoms with Crippen LogP contribution in [0.1, 0.15) is 53.9 Å². The van der Waals surface area contributed by atoms with Gasteiger partial charge in [0.2, 0.25) is 0 Å². The van der Waals surface area contributed by atoms with Gasteiger partial charge in [0.15, 0.2) is 0 Å². The Kier molecular flexibility index (Phi) is 7.40. The van der Waals surface area contributed by atoms with Crippen molar-refractivity contribution >= 4 is 0 Å². The summed E-state index contributed by atoms with van der Waals surface area (Å²) in [5, 5.41) is 18.9. The summed E-state index contributed by atoms with van der Waals surface area (Å²) >= 11 is 0. The second kappa shape index (κ2) is 7.67. The van der Waals surface area contributed by atoms with Gasteiger partial charge in [-0.3, -0.25) is 0 Å². The number of aliphatic hydroxyl groups is 2. The van der Waals surface area contributed by atoms with E-state index in [4.69, 9.17) is 5.11 Å². The van der Waals surface area contributed by atoms with Crippen molar-refractivity contribution < 1.29 is 10.2 Å². The number of rotatable bonds is 7. The van der Waals surface area contributed by atoms with Crippen LogP contribution in [0.25, 0.3) is 0 Å². The number of hydrogen-bond acceptors (Lipinski definition) is 2. The number of allylic oxidation sites excluding steroid dienone is 4. The molecule has 0 saturated heterocycles. The minimum atomic E-state index is -0.976. The molecule has 0 rings (SSSR count). The van der Waals surface area contributed by atoms with Gasteiger partial charge in [-0.05, 0) is 52.9 Å². The summed E-state index contributed by atoms with van der Waals surface area (Å²) in [5.74, 6) is 0.0749. The molecule has 2 heteroatoms. The standard InChI is InChI=1S/C15H28O2/c1-12(2)7-6-8-13(3)9-10-14(4)15(5,17)11-16/h7,9,14,16-17H,6,8,10-11H2,1-5H3/b13-9+/t14-,15+/m0/s1. The van der Waals surface area contributed by atoms with E-state index in [1.54, 1.807) is 6.92 Å². The van der Waals surface area contributed by atoms with Gasteiger partial charge < -0.3 is 10.2 Å². The first kappa shape index (κ1) is 16.4. The molecule has 0 aliphatic rings. The van der Waals surface area contributed by atoms with Crippen molar-refractivity contribution in [3.63, 3.8) is 0 Å². The van der Waals surface area contributed by atoms with Crippen LogP contribution in [-0.2, 0) is 0 Å². The van der Waals surface area contributed by atoms with Crippen LogP contribution in [0.4, 0.5) is 0 Å². The summed E-state index contributed by atoms with van der Waals surface area (Å²) in [5.41, 5.74) is 1.73. The van der Waals surface area contributed by atoms with Gasteiger partial charge in [0.1, 0.15) is 0 Å². The summed E-state index contributed by atoms with van der Waals surface area (Å²) in [7, 11) is 0. The molecule has 0 aromatic carbocycles. The van der Waals surface area contributed by atoms with Crippen LogP contribution in [0.3, 0.4) is 0 Å².